The molecule has 0 aliphatic heterocycles. The number of hydrogen-bond donors (Lipinski definition) is 1. The molecule has 0 saturated heterocycles. The number of carbonyl (C=O) groups excluding carboxylic acids is 1. The lowest BCUT2D eigenvalue weighted by Crippen LogP contribution is -2.29. The van der Waals surface area contributed by atoms with E-state index in [1.807, 2.05) is 31.2 Å². The van der Waals surface area contributed by atoms with E-state index in [2.05, 4.69) is 29.0 Å². The summed E-state index contributed by atoms with van der Waals surface area (Å²) >= 11 is 0. The highest BCUT2D eigenvalue weighted by atomic mass is 16.6. The summed E-state index contributed by atoms with van der Waals surface area (Å²) in [7, 11) is 0. The number of hydrogen-bond acceptors (Lipinski definition) is 10. The summed E-state index contributed by atoms with van der Waals surface area (Å²) < 4.78 is 5.07. The Balaban J connectivity index is 0.00000159. The Morgan fingerprint density at radius 3 is 2.22 bits per heavy atom. The number of aliphatic carboxylic acids is 1. The first kappa shape index (κ1) is 30.2. The van der Waals surface area contributed by atoms with Gasteiger partial charge in [0, 0.05) is 31.3 Å². The molecule has 12 heteroatoms. The van der Waals surface area contributed by atoms with Gasteiger partial charge in [-0.3, -0.25) is 19.7 Å². The third kappa shape index (κ3) is 10.1. The number of nitro benzene ring substituents is 1. The van der Waals surface area contributed by atoms with Crippen LogP contribution in [0.1, 0.15) is 43.4 Å². The molecule has 0 atom stereocenters. The van der Waals surface area contributed by atoms with Gasteiger partial charge in [-0.25, -0.2) is 0 Å². The van der Waals surface area contributed by atoms with Crippen LogP contribution >= 0.6 is 0 Å². The van der Waals surface area contributed by atoms with Crippen LogP contribution in [0.5, 0.6) is 0 Å². The molecule has 2 aromatic carbocycles. The first-order chi connectivity index (χ1) is 17.5. The second-order valence-electron chi connectivity index (χ2n) is 7.62. The number of carboxylic acid groups (broad SMARTS) is 1. The molecule has 12 nitrogen and oxygen atoms in total. The van der Waals surface area contributed by atoms with Crippen LogP contribution in [0.2, 0.25) is 0 Å². The average Bonchev–Trinajstić information content (AvgIpc) is 2.84. The predicted molar refractivity (Wildman–Crippen MR) is 135 cm³/mol. The number of unbranched alkanes of at least 4 members (excludes halogenated alkanes) is 1. The molecular weight excluding hydrogens is 480 g/mol. The van der Waals surface area contributed by atoms with E-state index in [9.17, 15) is 25.4 Å². The Kier molecular flexibility index (Phi) is 12.4. The Morgan fingerprint density at radius 2 is 1.76 bits per heavy atom. The highest BCUT2D eigenvalue weighted by Gasteiger charge is 2.17. The molecule has 0 aliphatic carbocycles. The standard InChI is InChI=1S/C23H24N6O4.C2H3O2/c1-4-5-8-28(9-10-33-17(3)30)20-6-7-22(16(2)11-20)26-27-23-18(14-24)12-21(29(31)32)13-19(23)15-25;1-2(3)4/h6-7,11-13H,4-5,8-10H2,1-3H3;1H2,(H,3,4). The third-order valence-corrected chi connectivity index (χ3v) is 4.80. The SMILES string of the molecule is CCCCN(CCOC(C)=O)c1ccc(N=Nc2c(C#N)cc([N+](=O)[O-])cc2C#N)c(C)c1.[CH2]C(=O)O. The maximum Gasteiger partial charge on any atom is 0.303 e. The highest BCUT2D eigenvalue weighted by molar-refractivity contribution is 5.71. The van der Waals surface area contributed by atoms with Crippen LogP contribution in [0.4, 0.5) is 22.7 Å². The first-order valence-electron chi connectivity index (χ1n) is 11.1. The van der Waals surface area contributed by atoms with Gasteiger partial charge in [0.2, 0.25) is 0 Å². The molecule has 37 heavy (non-hydrogen) atoms. The number of carbonyl (C=O) groups is 2. The molecule has 0 aromatic heterocycles. The molecule has 0 unspecified atom stereocenters. The number of non-ortho nitro benzene ring substituents is 1. The molecule has 0 heterocycles. The predicted octanol–water partition coefficient (Wildman–Crippen LogP) is 5.14. The van der Waals surface area contributed by atoms with Crippen LogP contribution in [0.15, 0.2) is 40.6 Å². The molecule has 2 rings (SSSR count). The van der Waals surface area contributed by atoms with E-state index in [0.717, 1.165) is 42.8 Å². The van der Waals surface area contributed by atoms with Crippen molar-refractivity contribution in [1.29, 1.82) is 10.5 Å². The number of benzene rings is 2. The Labute approximate surface area is 214 Å². The zero-order valence-electron chi connectivity index (χ0n) is 20.8. The normalized spacial score (nSPS) is 10.0. The monoisotopic (exact) mass is 507 g/mol. The van der Waals surface area contributed by atoms with Crippen LogP contribution in [-0.2, 0) is 14.3 Å². The van der Waals surface area contributed by atoms with Crippen molar-refractivity contribution in [2.45, 2.75) is 33.6 Å². The molecule has 0 bridgehead atoms. The maximum absolute atomic E-state index is 11.1. The second-order valence-corrected chi connectivity index (χ2v) is 7.62. The van der Waals surface area contributed by atoms with Gasteiger partial charge in [-0.2, -0.15) is 15.6 Å². The highest BCUT2D eigenvalue weighted by Crippen LogP contribution is 2.32. The van der Waals surface area contributed by atoms with Crippen molar-refractivity contribution >= 4 is 34.7 Å². The lowest BCUT2D eigenvalue weighted by Gasteiger charge is -2.25. The summed E-state index contributed by atoms with van der Waals surface area (Å²) in [6, 6.07) is 11.4. The van der Waals surface area contributed by atoms with Crippen molar-refractivity contribution in [2.75, 3.05) is 24.6 Å². The fraction of sp³-hybridized carbons (Fsp3) is 0.320. The summed E-state index contributed by atoms with van der Waals surface area (Å²) in [6.45, 7) is 9.53. The quantitative estimate of drug-likeness (QED) is 0.197. The molecule has 0 saturated carbocycles. The van der Waals surface area contributed by atoms with Crippen molar-refractivity contribution in [3.63, 3.8) is 0 Å². The number of esters is 1. The van der Waals surface area contributed by atoms with Crippen molar-refractivity contribution in [3.8, 4) is 12.1 Å². The number of nitrogens with zero attached hydrogens (tertiary/aromatic N) is 6. The van der Waals surface area contributed by atoms with E-state index < -0.39 is 10.9 Å². The molecule has 193 valence electrons. The average molecular weight is 508 g/mol. The number of ether oxygens (including phenoxy) is 1. The molecule has 2 aromatic rings. The summed E-state index contributed by atoms with van der Waals surface area (Å²) in [5.74, 6) is -1.41. The zero-order chi connectivity index (χ0) is 28.0. The minimum Gasteiger partial charge on any atom is -0.481 e. The summed E-state index contributed by atoms with van der Waals surface area (Å²) in [5, 5.41) is 45.3. The summed E-state index contributed by atoms with van der Waals surface area (Å²) in [5.41, 5.74) is 1.70. The number of nitro groups is 1. The molecule has 0 fully saturated rings. The van der Waals surface area contributed by atoms with Crippen molar-refractivity contribution in [3.05, 3.63) is 64.1 Å². The van der Waals surface area contributed by atoms with Crippen LogP contribution in [0.3, 0.4) is 0 Å². The number of azo groups is 1. The largest absolute Gasteiger partial charge is 0.481 e. The Bertz CT molecular complexity index is 1210. The molecule has 1 N–H and O–H groups in total. The van der Waals surface area contributed by atoms with Gasteiger partial charge in [-0.05, 0) is 37.1 Å². The van der Waals surface area contributed by atoms with Crippen LogP contribution in [0, 0.1) is 46.6 Å². The first-order valence-corrected chi connectivity index (χ1v) is 11.1. The minimum atomic E-state index is -1.08. The van der Waals surface area contributed by atoms with Gasteiger partial charge in [-0.1, -0.05) is 13.3 Å². The maximum atomic E-state index is 11.1. The van der Waals surface area contributed by atoms with Gasteiger partial charge >= 0.3 is 11.9 Å². The van der Waals surface area contributed by atoms with Gasteiger partial charge in [0.1, 0.15) is 24.4 Å². The van der Waals surface area contributed by atoms with Crippen molar-refractivity contribution in [1.82, 2.24) is 0 Å². The Hall–Kier alpha value is -4.84. The summed E-state index contributed by atoms with van der Waals surface area (Å²) in [4.78, 5) is 32.4. The van der Waals surface area contributed by atoms with Crippen LogP contribution < -0.4 is 4.90 Å². The molecule has 0 aliphatic rings. The van der Waals surface area contributed by atoms with E-state index in [1.165, 1.54) is 6.92 Å². The number of anilines is 1. The number of carboxylic acids is 1. The molecular formula is C25H27N6O6. The Morgan fingerprint density at radius 1 is 1.16 bits per heavy atom. The van der Waals surface area contributed by atoms with E-state index >= 15 is 0 Å². The fourth-order valence-corrected chi connectivity index (χ4v) is 3.07. The zero-order valence-corrected chi connectivity index (χ0v) is 20.8. The second kappa shape index (κ2) is 15.2. The van der Waals surface area contributed by atoms with Crippen LogP contribution in [-0.4, -0.2) is 41.7 Å². The fourth-order valence-electron chi connectivity index (χ4n) is 3.07. The number of nitriles is 2. The summed E-state index contributed by atoms with van der Waals surface area (Å²) in [6.07, 6.45) is 2.00. The molecule has 0 spiro atoms. The van der Waals surface area contributed by atoms with E-state index in [-0.39, 0.29) is 35.1 Å². The smallest absolute Gasteiger partial charge is 0.303 e. The third-order valence-electron chi connectivity index (χ3n) is 4.80. The van der Waals surface area contributed by atoms with E-state index in [1.54, 1.807) is 6.07 Å². The minimum absolute atomic E-state index is 0.0139. The molecule has 1 radical (unpaired) electrons. The lowest BCUT2D eigenvalue weighted by molar-refractivity contribution is -0.384. The van der Waals surface area contributed by atoms with Crippen molar-refractivity contribution in [2.24, 2.45) is 10.2 Å². The number of rotatable bonds is 10. The van der Waals surface area contributed by atoms with E-state index in [4.69, 9.17) is 14.6 Å². The molecule has 0 amide bonds. The van der Waals surface area contributed by atoms with Gasteiger partial charge < -0.3 is 14.7 Å². The van der Waals surface area contributed by atoms with Gasteiger partial charge in [0.15, 0.2) is 0 Å². The number of aryl methyl sites for hydroxylation is 1. The van der Waals surface area contributed by atoms with Gasteiger partial charge in [0.25, 0.3) is 5.69 Å². The van der Waals surface area contributed by atoms with Gasteiger partial charge in [-0.15, -0.1) is 5.11 Å². The topological polar surface area (TPSA) is 182 Å². The van der Waals surface area contributed by atoms with Crippen LogP contribution in [0.25, 0.3) is 0 Å². The van der Waals surface area contributed by atoms with Crippen molar-refractivity contribution < 1.29 is 24.4 Å². The van der Waals surface area contributed by atoms with E-state index in [0.29, 0.717) is 12.2 Å². The van der Waals surface area contributed by atoms with Gasteiger partial charge in [0.05, 0.1) is 35.2 Å². The lowest BCUT2D eigenvalue weighted by atomic mass is 10.1.